The third-order valence-corrected chi connectivity index (χ3v) is 6.44. The maximum absolute atomic E-state index is 12.7. The molecule has 2 fully saturated rings. The number of nitrogens with zero attached hydrogens (tertiary/aromatic N) is 3. The highest BCUT2D eigenvalue weighted by atomic mass is 16.7. The molecular formula is C22H25N3O5. The quantitative estimate of drug-likeness (QED) is 0.702. The fourth-order valence-corrected chi connectivity index (χ4v) is 4.67. The summed E-state index contributed by atoms with van der Waals surface area (Å²) in [6.07, 6.45) is 8.36. The van der Waals surface area contributed by atoms with E-state index in [0.29, 0.717) is 51.7 Å². The number of fused-ring (bicyclic) bond motifs is 1. The summed E-state index contributed by atoms with van der Waals surface area (Å²) in [5.41, 5.74) is 0.613. The summed E-state index contributed by atoms with van der Waals surface area (Å²) in [4.78, 5) is 31.2. The lowest BCUT2D eigenvalue weighted by Gasteiger charge is -2.36. The van der Waals surface area contributed by atoms with E-state index in [-0.39, 0.29) is 24.8 Å². The molecule has 8 heteroatoms. The summed E-state index contributed by atoms with van der Waals surface area (Å²) in [5.74, 6) is 1.51. The van der Waals surface area contributed by atoms with Crippen molar-refractivity contribution in [1.29, 1.82) is 0 Å². The Kier molecular flexibility index (Phi) is 4.84. The monoisotopic (exact) mass is 411 g/mol. The molecule has 0 saturated carbocycles. The molecule has 1 unspecified atom stereocenters. The van der Waals surface area contributed by atoms with Gasteiger partial charge in [0.2, 0.25) is 12.7 Å². The SMILES string of the molecule is O=C(CCc1ccc2c(c1)OCO2)N1CCC2(CC1)CC(Cn1ccnc1)OC2=O. The van der Waals surface area contributed by atoms with Gasteiger partial charge in [-0.1, -0.05) is 6.07 Å². The van der Waals surface area contributed by atoms with E-state index in [1.165, 1.54) is 0 Å². The second kappa shape index (κ2) is 7.66. The van der Waals surface area contributed by atoms with E-state index in [1.54, 1.807) is 12.5 Å². The molecular weight excluding hydrogens is 386 g/mol. The van der Waals surface area contributed by atoms with Crippen LogP contribution in [0.2, 0.25) is 0 Å². The number of cyclic esters (lactones) is 1. The first kappa shape index (κ1) is 19.0. The van der Waals surface area contributed by atoms with Gasteiger partial charge in [0.1, 0.15) is 6.10 Å². The number of imidazole rings is 1. The molecule has 4 heterocycles. The molecule has 158 valence electrons. The van der Waals surface area contributed by atoms with Crippen LogP contribution in [0.3, 0.4) is 0 Å². The van der Waals surface area contributed by atoms with Crippen LogP contribution < -0.4 is 9.47 Å². The maximum atomic E-state index is 12.7. The number of aryl methyl sites for hydroxylation is 1. The molecule has 3 aliphatic rings. The van der Waals surface area contributed by atoms with Gasteiger partial charge < -0.3 is 23.7 Å². The fraction of sp³-hybridized carbons (Fsp3) is 0.500. The number of esters is 1. The highest BCUT2D eigenvalue weighted by Crippen LogP contribution is 2.43. The van der Waals surface area contributed by atoms with E-state index < -0.39 is 5.41 Å². The van der Waals surface area contributed by atoms with E-state index in [9.17, 15) is 9.59 Å². The Labute approximate surface area is 174 Å². The zero-order valence-corrected chi connectivity index (χ0v) is 16.8. The molecule has 1 spiro atoms. The molecule has 1 amide bonds. The second-order valence-electron chi connectivity index (χ2n) is 8.34. The van der Waals surface area contributed by atoms with Crippen molar-refractivity contribution in [3.05, 3.63) is 42.5 Å². The van der Waals surface area contributed by atoms with E-state index in [0.717, 1.165) is 17.1 Å². The third-order valence-electron chi connectivity index (χ3n) is 6.44. The Morgan fingerprint density at radius 1 is 1.20 bits per heavy atom. The third kappa shape index (κ3) is 3.62. The molecule has 1 aromatic carbocycles. The van der Waals surface area contributed by atoms with Crippen molar-refractivity contribution in [1.82, 2.24) is 14.5 Å². The van der Waals surface area contributed by atoms with Gasteiger partial charge in [-0.25, -0.2) is 4.98 Å². The minimum atomic E-state index is -0.445. The second-order valence-corrected chi connectivity index (χ2v) is 8.34. The summed E-state index contributed by atoms with van der Waals surface area (Å²) >= 11 is 0. The van der Waals surface area contributed by atoms with Crippen molar-refractivity contribution in [3.8, 4) is 11.5 Å². The molecule has 30 heavy (non-hydrogen) atoms. The smallest absolute Gasteiger partial charge is 0.312 e. The highest BCUT2D eigenvalue weighted by molar-refractivity contribution is 5.80. The van der Waals surface area contributed by atoms with Crippen LogP contribution in [-0.2, 0) is 27.3 Å². The number of rotatable bonds is 5. The summed E-state index contributed by atoms with van der Waals surface area (Å²) in [5, 5.41) is 0. The topological polar surface area (TPSA) is 82.9 Å². The molecule has 0 bridgehead atoms. The lowest BCUT2D eigenvalue weighted by atomic mass is 9.76. The number of hydrogen-bond donors (Lipinski definition) is 0. The number of piperidine rings is 1. The highest BCUT2D eigenvalue weighted by Gasteiger charge is 2.50. The van der Waals surface area contributed by atoms with Crippen molar-refractivity contribution in [2.24, 2.45) is 5.41 Å². The standard InChI is InChI=1S/C22H25N3O5/c26-20(4-2-16-1-3-18-19(11-16)29-15-28-18)25-8-5-22(6-9-25)12-17(30-21(22)27)13-24-10-7-23-14-24/h1,3,7,10-11,14,17H,2,4-6,8-9,12-13,15H2. The van der Waals surface area contributed by atoms with Crippen LogP contribution in [0.4, 0.5) is 0 Å². The lowest BCUT2D eigenvalue weighted by Crippen LogP contribution is -2.45. The number of carbonyl (C=O) groups excluding carboxylic acids is 2. The van der Waals surface area contributed by atoms with Crippen molar-refractivity contribution in [2.75, 3.05) is 19.9 Å². The molecule has 2 aromatic rings. The number of carbonyl (C=O) groups is 2. The van der Waals surface area contributed by atoms with Gasteiger partial charge >= 0.3 is 5.97 Å². The maximum Gasteiger partial charge on any atom is 0.312 e. The number of ether oxygens (including phenoxy) is 3. The minimum Gasteiger partial charge on any atom is -0.460 e. The van der Waals surface area contributed by atoms with Crippen LogP contribution in [0, 0.1) is 5.41 Å². The Hall–Kier alpha value is -3.03. The zero-order chi connectivity index (χ0) is 20.6. The average Bonchev–Trinajstić information content (AvgIpc) is 3.48. The van der Waals surface area contributed by atoms with Crippen LogP contribution in [0.15, 0.2) is 36.9 Å². The first-order valence-electron chi connectivity index (χ1n) is 10.4. The number of benzene rings is 1. The Morgan fingerprint density at radius 2 is 2.03 bits per heavy atom. The van der Waals surface area contributed by atoms with Gasteiger partial charge in [-0.2, -0.15) is 0 Å². The largest absolute Gasteiger partial charge is 0.460 e. The molecule has 2 saturated heterocycles. The summed E-state index contributed by atoms with van der Waals surface area (Å²) in [6, 6.07) is 5.80. The van der Waals surface area contributed by atoms with Gasteiger partial charge in [0.05, 0.1) is 18.3 Å². The lowest BCUT2D eigenvalue weighted by molar-refractivity contribution is -0.152. The molecule has 0 N–H and O–H groups in total. The molecule has 0 aliphatic carbocycles. The molecule has 0 radical (unpaired) electrons. The molecule has 5 rings (SSSR count). The average molecular weight is 411 g/mol. The number of hydrogen-bond acceptors (Lipinski definition) is 6. The molecule has 8 nitrogen and oxygen atoms in total. The van der Waals surface area contributed by atoms with E-state index in [2.05, 4.69) is 4.98 Å². The first-order valence-corrected chi connectivity index (χ1v) is 10.4. The number of amides is 1. The summed E-state index contributed by atoms with van der Waals surface area (Å²) in [7, 11) is 0. The van der Waals surface area contributed by atoms with E-state index in [1.807, 2.05) is 33.9 Å². The van der Waals surface area contributed by atoms with E-state index >= 15 is 0 Å². The number of likely N-dealkylation sites (tertiary alicyclic amines) is 1. The molecule has 3 aliphatic heterocycles. The van der Waals surface area contributed by atoms with Crippen LogP contribution in [0.5, 0.6) is 11.5 Å². The Balaban J connectivity index is 1.13. The minimum absolute atomic E-state index is 0.111. The van der Waals surface area contributed by atoms with Gasteiger partial charge in [-0.15, -0.1) is 0 Å². The van der Waals surface area contributed by atoms with Crippen LogP contribution in [0.1, 0.15) is 31.2 Å². The predicted molar refractivity (Wildman–Crippen MR) is 106 cm³/mol. The van der Waals surface area contributed by atoms with Crippen LogP contribution in [-0.4, -0.2) is 52.3 Å². The number of aromatic nitrogens is 2. The normalized spacial score (nSPS) is 21.8. The van der Waals surface area contributed by atoms with Crippen LogP contribution in [0.25, 0.3) is 0 Å². The fourth-order valence-electron chi connectivity index (χ4n) is 4.67. The summed E-state index contributed by atoms with van der Waals surface area (Å²) in [6.45, 7) is 2.09. The van der Waals surface area contributed by atoms with Gasteiger partial charge in [-0.3, -0.25) is 9.59 Å². The van der Waals surface area contributed by atoms with Gasteiger partial charge in [0, 0.05) is 38.3 Å². The molecule has 1 atom stereocenters. The van der Waals surface area contributed by atoms with Crippen molar-refractivity contribution < 1.29 is 23.8 Å². The van der Waals surface area contributed by atoms with Gasteiger partial charge in [-0.05, 0) is 37.0 Å². The van der Waals surface area contributed by atoms with Crippen molar-refractivity contribution in [2.45, 2.75) is 44.8 Å². The Morgan fingerprint density at radius 3 is 2.83 bits per heavy atom. The van der Waals surface area contributed by atoms with Crippen molar-refractivity contribution in [3.63, 3.8) is 0 Å². The molecule has 1 aromatic heterocycles. The van der Waals surface area contributed by atoms with Crippen molar-refractivity contribution >= 4 is 11.9 Å². The van der Waals surface area contributed by atoms with Gasteiger partial charge in [0.25, 0.3) is 0 Å². The van der Waals surface area contributed by atoms with E-state index in [4.69, 9.17) is 14.2 Å². The predicted octanol–water partition coefficient (Wildman–Crippen LogP) is 2.17. The first-order chi connectivity index (χ1) is 14.6. The van der Waals surface area contributed by atoms with Gasteiger partial charge in [0.15, 0.2) is 11.5 Å². The van der Waals surface area contributed by atoms with Crippen LogP contribution >= 0.6 is 0 Å². The zero-order valence-electron chi connectivity index (χ0n) is 16.8. The summed E-state index contributed by atoms with van der Waals surface area (Å²) < 4.78 is 18.3. The Bertz CT molecular complexity index is 934.